The number of hydrogen-bond acceptors (Lipinski definition) is 5. The Kier molecular flexibility index (Phi) is 4.96. The van der Waals surface area contributed by atoms with Crippen LogP contribution < -0.4 is 4.90 Å². The molecule has 27 heavy (non-hydrogen) atoms. The van der Waals surface area contributed by atoms with Gasteiger partial charge in [-0.2, -0.15) is 0 Å². The Hall–Kier alpha value is -2.64. The predicted molar refractivity (Wildman–Crippen MR) is 104 cm³/mol. The van der Waals surface area contributed by atoms with E-state index in [0.717, 1.165) is 29.4 Å². The van der Waals surface area contributed by atoms with Crippen molar-refractivity contribution in [1.29, 1.82) is 0 Å². The molecule has 1 aliphatic heterocycles. The zero-order chi connectivity index (χ0) is 18.8. The standard InChI is InChI=1S/C19H20ClN5O2/c20-13-3-4-14-15(12-23-16(14)11-13)17(18(26)27)24-7-2-8-25(10-9-24)19-21-5-1-6-22-19/h1,3-6,11-12,17,23H,2,7-10H2,(H,26,27)/t17-/m0/s1. The zero-order valence-corrected chi connectivity index (χ0v) is 15.4. The summed E-state index contributed by atoms with van der Waals surface area (Å²) in [6.45, 7) is 2.80. The minimum atomic E-state index is -0.852. The van der Waals surface area contributed by atoms with Crippen LogP contribution in [0, 0.1) is 0 Å². The van der Waals surface area contributed by atoms with E-state index in [4.69, 9.17) is 11.6 Å². The summed E-state index contributed by atoms with van der Waals surface area (Å²) in [7, 11) is 0. The van der Waals surface area contributed by atoms with Crippen LogP contribution in [0.3, 0.4) is 0 Å². The summed E-state index contributed by atoms with van der Waals surface area (Å²) in [5.41, 5.74) is 1.61. The van der Waals surface area contributed by atoms with E-state index in [-0.39, 0.29) is 0 Å². The van der Waals surface area contributed by atoms with Crippen LogP contribution in [0.2, 0.25) is 5.02 Å². The number of hydrogen-bond donors (Lipinski definition) is 2. The SMILES string of the molecule is O=C(O)[C@H](c1c[nH]c2cc(Cl)ccc12)N1CCCN(c2ncccn2)CC1. The first-order valence-electron chi connectivity index (χ1n) is 8.89. The Morgan fingerprint density at radius 1 is 1.19 bits per heavy atom. The van der Waals surface area contributed by atoms with Crippen LogP contribution in [-0.4, -0.2) is 57.1 Å². The Labute approximate surface area is 161 Å². The fraction of sp³-hybridized carbons (Fsp3) is 0.316. The molecule has 0 saturated carbocycles. The normalized spacial score (nSPS) is 17.0. The summed E-state index contributed by atoms with van der Waals surface area (Å²) in [4.78, 5) is 28.0. The number of nitrogens with zero attached hydrogens (tertiary/aromatic N) is 4. The summed E-state index contributed by atoms with van der Waals surface area (Å²) < 4.78 is 0. The lowest BCUT2D eigenvalue weighted by molar-refractivity contribution is -0.143. The molecule has 1 aliphatic rings. The van der Waals surface area contributed by atoms with Gasteiger partial charge in [-0.25, -0.2) is 9.97 Å². The summed E-state index contributed by atoms with van der Waals surface area (Å²) >= 11 is 6.05. The number of aliphatic carboxylic acids is 1. The molecular formula is C19H20ClN5O2. The first kappa shape index (κ1) is 17.8. The zero-order valence-electron chi connectivity index (χ0n) is 14.7. The van der Waals surface area contributed by atoms with Crippen LogP contribution in [0.4, 0.5) is 5.95 Å². The third-order valence-corrected chi connectivity index (χ3v) is 5.17. The highest BCUT2D eigenvalue weighted by atomic mass is 35.5. The van der Waals surface area contributed by atoms with E-state index in [2.05, 4.69) is 19.9 Å². The van der Waals surface area contributed by atoms with E-state index < -0.39 is 12.0 Å². The van der Waals surface area contributed by atoms with Crippen LogP contribution in [0.25, 0.3) is 10.9 Å². The van der Waals surface area contributed by atoms with Gasteiger partial charge in [0.25, 0.3) is 0 Å². The number of aromatic amines is 1. The van der Waals surface area contributed by atoms with E-state index in [0.29, 0.717) is 30.6 Å². The highest BCUT2D eigenvalue weighted by Crippen LogP contribution is 2.31. The number of benzene rings is 1. The lowest BCUT2D eigenvalue weighted by Gasteiger charge is -2.27. The fourth-order valence-electron chi connectivity index (χ4n) is 3.68. The van der Waals surface area contributed by atoms with Crippen molar-refractivity contribution in [2.24, 2.45) is 0 Å². The minimum absolute atomic E-state index is 0.621. The molecule has 0 aliphatic carbocycles. The number of carbonyl (C=O) groups is 1. The topological polar surface area (TPSA) is 85.4 Å². The molecule has 0 bridgehead atoms. The molecule has 0 spiro atoms. The molecule has 3 aromatic rings. The number of carboxylic acid groups (broad SMARTS) is 1. The number of nitrogens with one attached hydrogen (secondary N) is 1. The highest BCUT2D eigenvalue weighted by Gasteiger charge is 2.31. The molecule has 1 atom stereocenters. The number of halogens is 1. The average Bonchev–Trinajstić information content (AvgIpc) is 2.91. The van der Waals surface area contributed by atoms with Gasteiger partial charge in [-0.1, -0.05) is 17.7 Å². The highest BCUT2D eigenvalue weighted by molar-refractivity contribution is 6.31. The van der Waals surface area contributed by atoms with Gasteiger partial charge < -0.3 is 15.0 Å². The van der Waals surface area contributed by atoms with E-state index in [1.54, 1.807) is 30.7 Å². The van der Waals surface area contributed by atoms with E-state index in [1.807, 2.05) is 17.0 Å². The monoisotopic (exact) mass is 385 g/mol. The molecule has 2 aromatic heterocycles. The van der Waals surface area contributed by atoms with E-state index in [9.17, 15) is 9.90 Å². The van der Waals surface area contributed by atoms with Gasteiger partial charge in [0.2, 0.25) is 5.95 Å². The van der Waals surface area contributed by atoms with E-state index in [1.165, 1.54) is 0 Å². The summed E-state index contributed by atoms with van der Waals surface area (Å²) in [5.74, 6) is -0.164. The summed E-state index contributed by atoms with van der Waals surface area (Å²) in [6.07, 6.45) is 6.07. The molecule has 140 valence electrons. The number of rotatable bonds is 4. The molecule has 2 N–H and O–H groups in total. The fourth-order valence-corrected chi connectivity index (χ4v) is 3.86. The molecule has 0 radical (unpaired) electrons. The van der Waals surface area contributed by atoms with Crippen molar-refractivity contribution in [1.82, 2.24) is 19.9 Å². The predicted octanol–water partition coefficient (Wildman–Crippen LogP) is 2.95. The Balaban J connectivity index is 1.60. The Morgan fingerprint density at radius 2 is 2.00 bits per heavy atom. The molecular weight excluding hydrogens is 366 g/mol. The van der Waals surface area contributed by atoms with E-state index >= 15 is 0 Å². The first-order valence-corrected chi connectivity index (χ1v) is 9.26. The van der Waals surface area contributed by atoms with Crippen LogP contribution in [-0.2, 0) is 4.79 Å². The van der Waals surface area contributed by atoms with Crippen LogP contribution >= 0.6 is 11.6 Å². The van der Waals surface area contributed by atoms with Gasteiger partial charge in [0.15, 0.2) is 0 Å². The maximum Gasteiger partial charge on any atom is 0.325 e. The van der Waals surface area contributed by atoms with Gasteiger partial charge in [-0.05, 0) is 24.6 Å². The molecule has 0 amide bonds. The third-order valence-electron chi connectivity index (χ3n) is 4.93. The van der Waals surface area contributed by atoms with Crippen LogP contribution in [0.15, 0.2) is 42.9 Å². The maximum atomic E-state index is 12.2. The lowest BCUT2D eigenvalue weighted by Crippen LogP contribution is -2.37. The van der Waals surface area contributed by atoms with Crippen molar-refractivity contribution in [3.63, 3.8) is 0 Å². The molecule has 1 fully saturated rings. The Bertz CT molecular complexity index is 946. The number of anilines is 1. The van der Waals surface area contributed by atoms with Crippen molar-refractivity contribution in [2.45, 2.75) is 12.5 Å². The molecule has 0 unspecified atom stereocenters. The number of H-pyrrole nitrogens is 1. The van der Waals surface area contributed by atoms with Crippen molar-refractivity contribution in [2.75, 3.05) is 31.1 Å². The number of carboxylic acids is 1. The molecule has 4 rings (SSSR count). The van der Waals surface area contributed by atoms with Gasteiger partial charge in [-0.15, -0.1) is 0 Å². The van der Waals surface area contributed by atoms with Gasteiger partial charge in [0.1, 0.15) is 6.04 Å². The van der Waals surface area contributed by atoms with Gasteiger partial charge in [0.05, 0.1) is 0 Å². The molecule has 7 nitrogen and oxygen atoms in total. The molecule has 1 aromatic carbocycles. The maximum absolute atomic E-state index is 12.2. The largest absolute Gasteiger partial charge is 0.480 e. The van der Waals surface area contributed by atoms with Crippen molar-refractivity contribution >= 4 is 34.4 Å². The second-order valence-electron chi connectivity index (χ2n) is 6.60. The minimum Gasteiger partial charge on any atom is -0.480 e. The molecule has 1 saturated heterocycles. The van der Waals surface area contributed by atoms with Gasteiger partial charge >= 0.3 is 5.97 Å². The van der Waals surface area contributed by atoms with Crippen LogP contribution in [0.1, 0.15) is 18.0 Å². The molecule has 3 heterocycles. The lowest BCUT2D eigenvalue weighted by atomic mass is 10.0. The third kappa shape index (κ3) is 3.61. The molecule has 8 heteroatoms. The van der Waals surface area contributed by atoms with Crippen molar-refractivity contribution in [3.05, 3.63) is 53.4 Å². The summed E-state index contributed by atoms with van der Waals surface area (Å²) in [6, 6.07) is 6.56. The van der Waals surface area contributed by atoms with Crippen molar-refractivity contribution < 1.29 is 9.90 Å². The van der Waals surface area contributed by atoms with Gasteiger partial charge in [0, 0.05) is 66.3 Å². The Morgan fingerprint density at radius 3 is 2.78 bits per heavy atom. The van der Waals surface area contributed by atoms with Crippen LogP contribution in [0.5, 0.6) is 0 Å². The average molecular weight is 386 g/mol. The first-order chi connectivity index (χ1) is 13.1. The number of aromatic nitrogens is 3. The second kappa shape index (κ2) is 7.54. The van der Waals surface area contributed by atoms with Crippen molar-refractivity contribution in [3.8, 4) is 0 Å². The smallest absolute Gasteiger partial charge is 0.325 e. The second-order valence-corrected chi connectivity index (χ2v) is 7.04. The quantitative estimate of drug-likeness (QED) is 0.718. The van der Waals surface area contributed by atoms with Gasteiger partial charge in [-0.3, -0.25) is 9.69 Å². The number of fused-ring (bicyclic) bond motifs is 1. The summed E-state index contributed by atoms with van der Waals surface area (Å²) in [5, 5.41) is 11.5.